The van der Waals surface area contributed by atoms with Gasteiger partial charge in [0.25, 0.3) is 0 Å². The van der Waals surface area contributed by atoms with Gasteiger partial charge in [0.1, 0.15) is 0 Å². The van der Waals surface area contributed by atoms with Crippen LogP contribution < -0.4 is 41.5 Å². The van der Waals surface area contributed by atoms with Crippen LogP contribution in [0.4, 0.5) is 0 Å². The fourth-order valence-electron chi connectivity index (χ4n) is 9.79. The second-order valence-electron chi connectivity index (χ2n) is 15.1. The first-order valence-corrected chi connectivity index (χ1v) is 24.2. The monoisotopic (exact) mass is 770 g/mol. The van der Waals surface area contributed by atoms with Gasteiger partial charge < -0.3 is 0 Å². The first-order valence-electron chi connectivity index (χ1n) is 20.2. The lowest BCUT2D eigenvalue weighted by Gasteiger charge is -2.37. The zero-order chi connectivity index (χ0) is 38.8. The molecule has 0 amide bonds. The van der Waals surface area contributed by atoms with Gasteiger partial charge in [0, 0.05) is 0 Å². The van der Waals surface area contributed by atoms with E-state index in [9.17, 15) is 0 Å². The molecule has 0 saturated carbocycles. The van der Waals surface area contributed by atoms with Crippen LogP contribution in [0.15, 0.2) is 255 Å². The molecule has 0 radical (unpaired) electrons. The lowest BCUT2D eigenvalue weighted by Crippen LogP contribution is -2.75. The average molecular weight is 771 g/mol. The summed E-state index contributed by atoms with van der Waals surface area (Å²) in [6.07, 6.45) is 0. The Morgan fingerprint density at radius 2 is 0.431 bits per heavy atom. The summed E-state index contributed by atoms with van der Waals surface area (Å²) in [5, 5.41) is 16.3. The van der Waals surface area contributed by atoms with E-state index in [0.717, 1.165) is 0 Å². The van der Waals surface area contributed by atoms with Crippen molar-refractivity contribution >= 4 is 79.2 Å². The number of rotatable bonds is 9. The quantitative estimate of drug-likeness (QED) is 0.0786. The zero-order valence-corrected chi connectivity index (χ0v) is 34.2. The SMILES string of the molecule is c1ccc([Si](c2ccccc2)(c2ccccc2)c2ccc(-c3c4ccccc4c([Si](c4ccccc4)(c4ccccc4)c4ccccc4)c4ccccc34)cc2)cc1. The molecule has 0 aliphatic carbocycles. The highest BCUT2D eigenvalue weighted by Gasteiger charge is 2.44. The smallest absolute Gasteiger partial charge is 0.0623 e. The molecule has 0 N–H and O–H groups in total. The molecular formula is C56H42Si2. The summed E-state index contributed by atoms with van der Waals surface area (Å²) in [6, 6.07) is 95.5. The Labute approximate surface area is 343 Å². The largest absolute Gasteiger partial charge is 0.180 e. The van der Waals surface area contributed by atoms with Crippen LogP contribution >= 0.6 is 0 Å². The lowest BCUT2D eigenvalue weighted by atomic mass is 9.92. The summed E-state index contributed by atoms with van der Waals surface area (Å²) in [5.74, 6) is 0. The molecule has 0 unspecified atom stereocenters. The summed E-state index contributed by atoms with van der Waals surface area (Å²) in [4.78, 5) is 0. The Hall–Kier alpha value is -6.85. The van der Waals surface area contributed by atoms with E-state index in [1.165, 1.54) is 74.2 Å². The van der Waals surface area contributed by atoms with Gasteiger partial charge in [-0.2, -0.15) is 0 Å². The highest BCUT2D eigenvalue weighted by molar-refractivity contribution is 7.22. The topological polar surface area (TPSA) is 0 Å². The van der Waals surface area contributed by atoms with Crippen molar-refractivity contribution in [2.75, 3.05) is 0 Å². The Morgan fingerprint density at radius 3 is 0.741 bits per heavy atom. The summed E-state index contributed by atoms with van der Waals surface area (Å²) in [6.45, 7) is 0. The Bertz CT molecular complexity index is 2700. The predicted molar refractivity (Wildman–Crippen MR) is 254 cm³/mol. The van der Waals surface area contributed by atoms with Gasteiger partial charge in [0.2, 0.25) is 0 Å². The van der Waals surface area contributed by atoms with Gasteiger partial charge in [-0.3, -0.25) is 0 Å². The molecule has 0 aromatic heterocycles. The second kappa shape index (κ2) is 15.2. The van der Waals surface area contributed by atoms with E-state index in [-0.39, 0.29) is 0 Å². The maximum absolute atomic E-state index is 2.89. The third-order valence-electron chi connectivity index (χ3n) is 12.2. The Balaban J connectivity index is 1.27. The first-order chi connectivity index (χ1) is 28.8. The predicted octanol–water partition coefficient (Wildman–Crippen LogP) is 8.41. The first kappa shape index (κ1) is 35.6. The molecule has 0 aliphatic rings. The molecule has 0 saturated heterocycles. The van der Waals surface area contributed by atoms with Crippen molar-refractivity contribution in [3.8, 4) is 11.1 Å². The Kier molecular flexibility index (Phi) is 9.35. The molecule has 58 heavy (non-hydrogen) atoms. The molecule has 0 fully saturated rings. The van der Waals surface area contributed by atoms with Crippen LogP contribution in [0.5, 0.6) is 0 Å². The van der Waals surface area contributed by atoms with Gasteiger partial charge in [-0.1, -0.05) is 255 Å². The van der Waals surface area contributed by atoms with Crippen molar-refractivity contribution in [3.63, 3.8) is 0 Å². The Morgan fingerprint density at radius 1 is 0.190 bits per heavy atom. The number of hydrogen-bond acceptors (Lipinski definition) is 0. The molecular weight excluding hydrogens is 729 g/mol. The minimum Gasteiger partial charge on any atom is -0.0623 e. The average Bonchev–Trinajstić information content (AvgIpc) is 3.32. The van der Waals surface area contributed by atoms with Crippen LogP contribution in [0.2, 0.25) is 0 Å². The van der Waals surface area contributed by atoms with Crippen molar-refractivity contribution < 1.29 is 0 Å². The maximum atomic E-state index is 2.43. The molecule has 0 spiro atoms. The van der Waals surface area contributed by atoms with Crippen molar-refractivity contribution in [1.29, 1.82) is 0 Å². The van der Waals surface area contributed by atoms with Crippen LogP contribution in [0.1, 0.15) is 0 Å². The van der Waals surface area contributed by atoms with Crippen LogP contribution in [0.3, 0.4) is 0 Å². The molecule has 10 rings (SSSR count). The third-order valence-corrected chi connectivity index (χ3v) is 21.8. The van der Waals surface area contributed by atoms with Gasteiger partial charge in [-0.05, 0) is 74.2 Å². The van der Waals surface area contributed by atoms with E-state index in [4.69, 9.17) is 0 Å². The van der Waals surface area contributed by atoms with Crippen molar-refractivity contribution in [1.82, 2.24) is 0 Å². The normalized spacial score (nSPS) is 11.8. The lowest BCUT2D eigenvalue weighted by molar-refractivity contribution is 1.65. The molecule has 2 heteroatoms. The third kappa shape index (κ3) is 5.72. The molecule has 0 heterocycles. The van der Waals surface area contributed by atoms with Gasteiger partial charge in [0.15, 0.2) is 16.1 Å². The van der Waals surface area contributed by atoms with Crippen LogP contribution in [-0.2, 0) is 0 Å². The summed E-state index contributed by atoms with van der Waals surface area (Å²) >= 11 is 0. The fourth-order valence-corrected chi connectivity index (χ4v) is 19.7. The van der Waals surface area contributed by atoms with Gasteiger partial charge in [-0.25, -0.2) is 0 Å². The van der Waals surface area contributed by atoms with Crippen LogP contribution in [-0.4, -0.2) is 16.1 Å². The number of fused-ring (bicyclic) bond motifs is 2. The van der Waals surface area contributed by atoms with E-state index < -0.39 is 16.1 Å². The van der Waals surface area contributed by atoms with Crippen molar-refractivity contribution in [3.05, 3.63) is 255 Å². The summed E-state index contributed by atoms with van der Waals surface area (Å²) < 4.78 is 0. The van der Waals surface area contributed by atoms with E-state index in [1.807, 2.05) is 0 Å². The van der Waals surface area contributed by atoms with Crippen LogP contribution in [0, 0.1) is 0 Å². The zero-order valence-electron chi connectivity index (χ0n) is 32.2. The molecule has 10 aromatic carbocycles. The van der Waals surface area contributed by atoms with Crippen molar-refractivity contribution in [2.24, 2.45) is 0 Å². The maximum Gasteiger partial charge on any atom is 0.180 e. The van der Waals surface area contributed by atoms with E-state index in [0.29, 0.717) is 0 Å². The second-order valence-corrected chi connectivity index (χ2v) is 22.7. The standard InChI is InChI=1S/C56H42Si2/c1-7-23-44(24-8-1)57(45-25-9-2-10-26-45,46-27-11-3-12-28-46)50-41-39-43(40-42-50)55-51-35-19-21-37-53(51)56(54-38-22-20-36-52(54)55)58(47-29-13-4-14-30-47,48-31-15-5-16-32-48)49-33-17-6-18-34-49/h1-42H. The summed E-state index contributed by atoms with van der Waals surface area (Å²) in [7, 11) is -5.57. The molecule has 10 aromatic rings. The number of hydrogen-bond donors (Lipinski definition) is 0. The van der Waals surface area contributed by atoms with Crippen molar-refractivity contribution in [2.45, 2.75) is 0 Å². The minimum absolute atomic E-state index is 1.23. The van der Waals surface area contributed by atoms with Crippen LogP contribution in [0.25, 0.3) is 32.7 Å². The van der Waals surface area contributed by atoms with Gasteiger partial charge in [0.05, 0.1) is 0 Å². The van der Waals surface area contributed by atoms with E-state index >= 15 is 0 Å². The molecule has 0 nitrogen and oxygen atoms in total. The van der Waals surface area contributed by atoms with E-state index in [2.05, 4.69) is 255 Å². The highest BCUT2D eigenvalue weighted by atomic mass is 28.3. The van der Waals surface area contributed by atoms with Gasteiger partial charge >= 0.3 is 0 Å². The molecule has 0 aliphatic heterocycles. The fraction of sp³-hybridized carbons (Fsp3) is 0. The van der Waals surface area contributed by atoms with Gasteiger partial charge in [-0.15, -0.1) is 0 Å². The minimum atomic E-state index is -2.89. The molecule has 274 valence electrons. The summed E-state index contributed by atoms with van der Waals surface area (Å²) in [5.41, 5.74) is 2.51. The molecule has 0 bridgehead atoms. The highest BCUT2D eigenvalue weighted by Crippen LogP contribution is 2.37. The van der Waals surface area contributed by atoms with E-state index in [1.54, 1.807) is 0 Å². The number of benzene rings is 10. The molecule has 0 atom stereocenters.